The van der Waals surface area contributed by atoms with Crippen LogP contribution in [-0.4, -0.2) is 4.98 Å². The second kappa shape index (κ2) is 3.38. The number of alkyl halides is 2. The summed E-state index contributed by atoms with van der Waals surface area (Å²) < 4.78 is 24.9. The van der Waals surface area contributed by atoms with Gasteiger partial charge in [0.25, 0.3) is 6.43 Å². The average Bonchev–Trinajstić information content (AvgIpc) is 2.00. The van der Waals surface area contributed by atoms with Crippen molar-refractivity contribution in [2.75, 3.05) is 11.5 Å². The second-order valence-electron chi connectivity index (χ2n) is 2.12. The first-order valence-electron chi connectivity index (χ1n) is 3.01. The first-order valence-corrected chi connectivity index (χ1v) is 4.09. The Morgan fingerprint density at radius 2 is 1.92 bits per heavy atom. The highest BCUT2D eigenvalue weighted by molar-refractivity contribution is 14.1. The Bertz CT molecular complexity index is 303. The maximum Gasteiger partial charge on any atom is 0.282 e. The molecule has 1 aromatic rings. The molecule has 0 unspecified atom stereocenters. The largest absolute Gasteiger partial charge is 0.396 e. The maximum atomic E-state index is 12.1. The molecule has 1 heterocycles. The van der Waals surface area contributed by atoms with Gasteiger partial charge in [0.15, 0.2) is 0 Å². The summed E-state index contributed by atoms with van der Waals surface area (Å²) >= 11 is 1.88. The van der Waals surface area contributed by atoms with Gasteiger partial charge in [0.05, 0.1) is 14.9 Å². The normalized spacial score (nSPS) is 10.7. The lowest BCUT2D eigenvalue weighted by molar-refractivity contribution is 0.147. The predicted molar refractivity (Wildman–Crippen MR) is 50.7 cm³/mol. The minimum Gasteiger partial charge on any atom is -0.396 e. The van der Waals surface area contributed by atoms with Crippen LogP contribution < -0.4 is 11.5 Å². The average molecular weight is 285 g/mol. The van der Waals surface area contributed by atoms with E-state index in [0.29, 0.717) is 3.57 Å². The van der Waals surface area contributed by atoms with Crippen molar-refractivity contribution in [3.63, 3.8) is 0 Å². The van der Waals surface area contributed by atoms with Crippen molar-refractivity contribution in [2.45, 2.75) is 6.43 Å². The second-order valence-corrected chi connectivity index (χ2v) is 3.28. The highest BCUT2D eigenvalue weighted by Gasteiger charge is 2.15. The number of rotatable bonds is 1. The Balaban J connectivity index is 3.27. The molecule has 0 aliphatic heterocycles. The fourth-order valence-corrected chi connectivity index (χ4v) is 1.14. The Kier molecular flexibility index (Phi) is 2.65. The van der Waals surface area contributed by atoms with Crippen LogP contribution in [-0.2, 0) is 0 Å². The van der Waals surface area contributed by atoms with E-state index < -0.39 is 12.1 Å². The molecule has 0 atom stereocenters. The molecule has 3 nitrogen and oxygen atoms in total. The van der Waals surface area contributed by atoms with Crippen LogP contribution in [0.3, 0.4) is 0 Å². The summed E-state index contributed by atoms with van der Waals surface area (Å²) in [5.41, 5.74) is 10.3. The summed E-state index contributed by atoms with van der Waals surface area (Å²) in [7, 11) is 0. The van der Waals surface area contributed by atoms with Gasteiger partial charge in [-0.25, -0.2) is 8.78 Å². The van der Waals surface area contributed by atoms with E-state index in [4.69, 9.17) is 11.5 Å². The molecular formula is C6H6F2IN3. The van der Waals surface area contributed by atoms with E-state index >= 15 is 0 Å². The van der Waals surface area contributed by atoms with Crippen LogP contribution in [0.5, 0.6) is 0 Å². The first-order chi connectivity index (χ1) is 5.54. The number of anilines is 2. The zero-order valence-corrected chi connectivity index (χ0v) is 8.05. The highest BCUT2D eigenvalue weighted by atomic mass is 127. The lowest BCUT2D eigenvalue weighted by Gasteiger charge is -2.06. The SMILES string of the molecule is Nc1c(I)cnc(C(F)F)c1N. The van der Waals surface area contributed by atoms with Gasteiger partial charge >= 0.3 is 0 Å². The van der Waals surface area contributed by atoms with Crippen molar-refractivity contribution < 1.29 is 8.78 Å². The minimum atomic E-state index is -2.68. The molecule has 0 aromatic carbocycles. The molecule has 0 bridgehead atoms. The van der Waals surface area contributed by atoms with Crippen molar-refractivity contribution >= 4 is 34.0 Å². The zero-order chi connectivity index (χ0) is 9.30. The third-order valence-electron chi connectivity index (χ3n) is 1.35. The molecule has 1 rings (SSSR count). The number of nitrogens with two attached hydrogens (primary N) is 2. The number of halogens is 3. The van der Waals surface area contributed by atoms with Crippen LogP contribution in [0.25, 0.3) is 0 Å². The molecule has 0 radical (unpaired) electrons. The fourth-order valence-electron chi connectivity index (χ4n) is 0.706. The Labute approximate surface area is 81.3 Å². The monoisotopic (exact) mass is 285 g/mol. The number of pyridine rings is 1. The standard InChI is InChI=1S/C6H6F2IN3/c7-6(8)5-4(11)3(10)2(9)1-12-5/h1,6H,11H2,(H2,10,12). The number of nitrogens with zero attached hydrogens (tertiary/aromatic N) is 1. The third kappa shape index (κ3) is 1.57. The van der Waals surface area contributed by atoms with Gasteiger partial charge in [-0.1, -0.05) is 0 Å². The maximum absolute atomic E-state index is 12.1. The molecular weight excluding hydrogens is 279 g/mol. The van der Waals surface area contributed by atoms with Crippen molar-refractivity contribution in [1.82, 2.24) is 4.98 Å². The van der Waals surface area contributed by atoms with Gasteiger partial charge in [-0.2, -0.15) is 0 Å². The van der Waals surface area contributed by atoms with Gasteiger partial charge in [0.1, 0.15) is 5.69 Å². The van der Waals surface area contributed by atoms with Crippen LogP contribution in [0, 0.1) is 3.57 Å². The van der Waals surface area contributed by atoms with E-state index in [1.54, 1.807) is 0 Å². The van der Waals surface area contributed by atoms with Crippen molar-refractivity contribution in [3.05, 3.63) is 15.5 Å². The lowest BCUT2D eigenvalue weighted by atomic mass is 10.3. The molecule has 0 saturated heterocycles. The van der Waals surface area contributed by atoms with Gasteiger partial charge < -0.3 is 11.5 Å². The van der Waals surface area contributed by atoms with Gasteiger partial charge in [-0.15, -0.1) is 0 Å². The number of aromatic nitrogens is 1. The van der Waals surface area contributed by atoms with Gasteiger partial charge in [0, 0.05) is 6.20 Å². The molecule has 0 fully saturated rings. The van der Waals surface area contributed by atoms with E-state index in [1.165, 1.54) is 6.20 Å². The molecule has 0 saturated carbocycles. The number of nitrogen functional groups attached to an aromatic ring is 2. The van der Waals surface area contributed by atoms with Crippen molar-refractivity contribution in [2.24, 2.45) is 0 Å². The summed E-state index contributed by atoms with van der Waals surface area (Å²) in [5.74, 6) is 0. The molecule has 66 valence electrons. The van der Waals surface area contributed by atoms with E-state index in [-0.39, 0.29) is 11.4 Å². The fraction of sp³-hybridized carbons (Fsp3) is 0.167. The zero-order valence-electron chi connectivity index (χ0n) is 5.89. The minimum absolute atomic E-state index is 0.128. The van der Waals surface area contributed by atoms with Crippen LogP contribution in [0.2, 0.25) is 0 Å². The molecule has 12 heavy (non-hydrogen) atoms. The number of hydrogen-bond donors (Lipinski definition) is 2. The predicted octanol–water partition coefficient (Wildman–Crippen LogP) is 1.79. The van der Waals surface area contributed by atoms with Crippen molar-refractivity contribution in [3.8, 4) is 0 Å². The van der Waals surface area contributed by atoms with Crippen LogP contribution in [0.4, 0.5) is 20.2 Å². The third-order valence-corrected chi connectivity index (χ3v) is 2.21. The molecule has 1 aromatic heterocycles. The van der Waals surface area contributed by atoms with E-state index in [1.807, 2.05) is 22.6 Å². The van der Waals surface area contributed by atoms with E-state index in [9.17, 15) is 8.78 Å². The summed E-state index contributed by atoms with van der Waals surface area (Å²) in [5, 5.41) is 0. The molecule has 6 heteroatoms. The molecule has 0 spiro atoms. The van der Waals surface area contributed by atoms with E-state index in [2.05, 4.69) is 4.98 Å². The summed E-state index contributed by atoms with van der Waals surface area (Å²) in [6.07, 6.45) is -1.41. The smallest absolute Gasteiger partial charge is 0.282 e. The van der Waals surface area contributed by atoms with Gasteiger partial charge in [-0.05, 0) is 22.6 Å². The Hall–Kier alpha value is -0.660. The Morgan fingerprint density at radius 1 is 1.33 bits per heavy atom. The quantitative estimate of drug-likeness (QED) is 0.773. The Morgan fingerprint density at radius 3 is 2.42 bits per heavy atom. The lowest BCUT2D eigenvalue weighted by Crippen LogP contribution is -2.04. The first kappa shape index (κ1) is 9.43. The molecule has 0 aliphatic rings. The molecule has 0 aliphatic carbocycles. The van der Waals surface area contributed by atoms with Gasteiger partial charge in [0.2, 0.25) is 0 Å². The molecule has 0 amide bonds. The summed E-state index contributed by atoms with van der Waals surface area (Å²) in [4.78, 5) is 3.48. The summed E-state index contributed by atoms with van der Waals surface area (Å²) in [6.45, 7) is 0. The molecule has 4 N–H and O–H groups in total. The van der Waals surface area contributed by atoms with Crippen molar-refractivity contribution in [1.29, 1.82) is 0 Å². The van der Waals surface area contributed by atoms with Crippen LogP contribution in [0.15, 0.2) is 6.20 Å². The van der Waals surface area contributed by atoms with E-state index in [0.717, 1.165) is 0 Å². The van der Waals surface area contributed by atoms with Crippen LogP contribution in [0.1, 0.15) is 12.1 Å². The summed E-state index contributed by atoms with van der Waals surface area (Å²) in [6, 6.07) is 0. The topological polar surface area (TPSA) is 64.9 Å². The van der Waals surface area contributed by atoms with Gasteiger partial charge in [-0.3, -0.25) is 4.98 Å². The number of hydrogen-bond acceptors (Lipinski definition) is 3. The highest BCUT2D eigenvalue weighted by Crippen LogP contribution is 2.29. The van der Waals surface area contributed by atoms with Crippen LogP contribution >= 0.6 is 22.6 Å².